The molecule has 6 nitrogen and oxygen atoms in total. The number of sulfonamides is 1. The number of piperidine rings is 1. The Morgan fingerprint density at radius 3 is 2.38 bits per heavy atom. The highest BCUT2D eigenvalue weighted by Gasteiger charge is 2.44. The van der Waals surface area contributed by atoms with Gasteiger partial charge in [0.05, 0.1) is 11.2 Å². The summed E-state index contributed by atoms with van der Waals surface area (Å²) < 4.78 is 66.5. The van der Waals surface area contributed by atoms with Gasteiger partial charge in [0.1, 0.15) is 6.61 Å². The van der Waals surface area contributed by atoms with Crippen LogP contribution < -0.4 is 5.32 Å². The molecule has 10 heteroatoms. The van der Waals surface area contributed by atoms with Gasteiger partial charge >= 0.3 is 6.18 Å². The monoisotopic (exact) mass is 436 g/mol. The van der Waals surface area contributed by atoms with E-state index >= 15 is 0 Å². The van der Waals surface area contributed by atoms with Gasteiger partial charge in [-0.1, -0.05) is 30.3 Å². The molecule has 0 aliphatic carbocycles. The summed E-state index contributed by atoms with van der Waals surface area (Å²) in [4.78, 5) is 13.0. The average molecular weight is 436 g/mol. The molecule has 29 heavy (non-hydrogen) atoms. The largest absolute Gasteiger partial charge is 0.411 e. The fourth-order valence-corrected chi connectivity index (χ4v) is 4.57. The smallest absolute Gasteiger partial charge is 0.372 e. The van der Waals surface area contributed by atoms with Crippen LogP contribution >= 0.6 is 0 Å². The molecule has 0 aromatic heterocycles. The second-order valence-corrected chi connectivity index (χ2v) is 9.28. The van der Waals surface area contributed by atoms with Crippen LogP contribution in [0.25, 0.3) is 0 Å². The van der Waals surface area contributed by atoms with Crippen LogP contribution in [0.5, 0.6) is 0 Å². The SMILES string of the molecule is CCS(=O)(=O)N1CCC(C(=O)NCCCOCC(F)(F)F)(c2ccccc2)CC1. The van der Waals surface area contributed by atoms with Gasteiger partial charge in [-0.15, -0.1) is 0 Å². The van der Waals surface area contributed by atoms with Gasteiger partial charge in [-0.3, -0.25) is 4.79 Å². The minimum Gasteiger partial charge on any atom is -0.372 e. The topological polar surface area (TPSA) is 75.7 Å². The molecule has 1 aliphatic heterocycles. The Morgan fingerprint density at radius 2 is 1.83 bits per heavy atom. The first-order valence-corrected chi connectivity index (χ1v) is 11.2. The van der Waals surface area contributed by atoms with E-state index in [4.69, 9.17) is 0 Å². The molecule has 1 aromatic carbocycles. The Kier molecular flexibility index (Phi) is 8.07. The molecule has 1 aliphatic rings. The number of carbonyl (C=O) groups excluding carboxylic acids is 1. The normalized spacial score (nSPS) is 17.8. The zero-order valence-corrected chi connectivity index (χ0v) is 17.2. The number of ether oxygens (including phenoxy) is 1. The van der Waals surface area contributed by atoms with E-state index in [1.165, 1.54) is 4.31 Å². The lowest BCUT2D eigenvalue weighted by Gasteiger charge is -2.40. The molecule has 1 N–H and O–H groups in total. The van der Waals surface area contributed by atoms with E-state index in [-0.39, 0.29) is 44.3 Å². The molecule has 0 unspecified atom stereocenters. The van der Waals surface area contributed by atoms with Crippen molar-refractivity contribution in [3.05, 3.63) is 35.9 Å². The van der Waals surface area contributed by atoms with Gasteiger partial charge in [-0.25, -0.2) is 12.7 Å². The summed E-state index contributed by atoms with van der Waals surface area (Å²) in [5, 5.41) is 2.79. The van der Waals surface area contributed by atoms with Crippen LogP contribution in [0.3, 0.4) is 0 Å². The second kappa shape index (κ2) is 9.90. The first-order valence-electron chi connectivity index (χ1n) is 9.57. The summed E-state index contributed by atoms with van der Waals surface area (Å²) in [6.07, 6.45) is -3.43. The summed E-state index contributed by atoms with van der Waals surface area (Å²) in [5.41, 5.74) is -0.0622. The summed E-state index contributed by atoms with van der Waals surface area (Å²) >= 11 is 0. The van der Waals surface area contributed by atoms with Crippen LogP contribution in [0.4, 0.5) is 13.2 Å². The molecule has 0 radical (unpaired) electrons. The molecule has 1 aromatic rings. The summed E-state index contributed by atoms with van der Waals surface area (Å²) in [7, 11) is -3.33. The third-order valence-electron chi connectivity index (χ3n) is 5.11. The molecule has 164 valence electrons. The Balaban J connectivity index is 2.00. The molecular weight excluding hydrogens is 409 g/mol. The average Bonchev–Trinajstić information content (AvgIpc) is 2.70. The summed E-state index contributed by atoms with van der Waals surface area (Å²) in [5.74, 6) is -0.233. The zero-order valence-electron chi connectivity index (χ0n) is 16.4. The van der Waals surface area contributed by atoms with Crippen LogP contribution in [0.1, 0.15) is 31.7 Å². The molecule has 2 rings (SSSR count). The standard InChI is InChI=1S/C19H27F3N2O4S/c1-2-29(26,27)24-12-9-18(10-13-24,16-7-4-3-5-8-16)17(25)23-11-6-14-28-15-19(20,21)22/h3-5,7-8H,2,6,9-15H2,1H3,(H,23,25). The maximum atomic E-state index is 13.0. The molecular formula is C19H27F3N2O4S. The minimum atomic E-state index is -4.37. The molecule has 0 atom stereocenters. The molecule has 0 bridgehead atoms. The number of nitrogens with zero attached hydrogens (tertiary/aromatic N) is 1. The fraction of sp³-hybridized carbons (Fsp3) is 0.632. The van der Waals surface area contributed by atoms with Crippen LogP contribution in [0.2, 0.25) is 0 Å². The number of alkyl halides is 3. The van der Waals surface area contributed by atoms with Crippen LogP contribution in [-0.2, 0) is 25.0 Å². The first-order chi connectivity index (χ1) is 13.6. The highest BCUT2D eigenvalue weighted by molar-refractivity contribution is 7.89. The van der Waals surface area contributed by atoms with Crippen molar-refractivity contribution in [2.24, 2.45) is 0 Å². The van der Waals surface area contributed by atoms with Gasteiger partial charge in [0, 0.05) is 26.2 Å². The molecule has 1 heterocycles. The predicted octanol–water partition coefficient (Wildman–Crippen LogP) is 2.46. The van der Waals surface area contributed by atoms with Crippen molar-refractivity contribution >= 4 is 15.9 Å². The van der Waals surface area contributed by atoms with Crippen molar-refractivity contribution in [2.45, 2.75) is 37.8 Å². The minimum absolute atomic E-state index is 0.00938. The van der Waals surface area contributed by atoms with Gasteiger partial charge in [-0.05, 0) is 31.7 Å². The number of hydrogen-bond acceptors (Lipinski definition) is 4. The molecule has 0 saturated carbocycles. The Bertz CT molecular complexity index is 761. The highest BCUT2D eigenvalue weighted by Crippen LogP contribution is 2.36. The van der Waals surface area contributed by atoms with E-state index in [0.29, 0.717) is 12.8 Å². The van der Waals surface area contributed by atoms with Crippen molar-refractivity contribution in [1.82, 2.24) is 9.62 Å². The lowest BCUT2D eigenvalue weighted by atomic mass is 9.72. The summed E-state index contributed by atoms with van der Waals surface area (Å²) in [6, 6.07) is 9.17. The van der Waals surface area contributed by atoms with Crippen LogP contribution in [0.15, 0.2) is 30.3 Å². The van der Waals surface area contributed by atoms with Crippen LogP contribution in [-0.4, -0.2) is 63.4 Å². The van der Waals surface area contributed by atoms with Gasteiger partial charge < -0.3 is 10.1 Å². The number of benzene rings is 1. The van der Waals surface area contributed by atoms with E-state index in [1.54, 1.807) is 6.92 Å². The molecule has 1 saturated heterocycles. The maximum Gasteiger partial charge on any atom is 0.411 e. The zero-order chi connectivity index (χ0) is 21.5. The molecule has 1 fully saturated rings. The van der Waals surface area contributed by atoms with Crippen LogP contribution in [0, 0.1) is 0 Å². The van der Waals surface area contributed by atoms with Gasteiger partial charge in [0.15, 0.2) is 0 Å². The van der Waals surface area contributed by atoms with Crippen molar-refractivity contribution < 1.29 is 31.1 Å². The van der Waals surface area contributed by atoms with Crippen molar-refractivity contribution in [1.29, 1.82) is 0 Å². The third kappa shape index (κ3) is 6.42. The lowest BCUT2D eigenvalue weighted by molar-refractivity contribution is -0.174. The fourth-order valence-electron chi connectivity index (χ4n) is 3.47. The number of carbonyl (C=O) groups is 1. The van der Waals surface area contributed by atoms with E-state index in [0.717, 1.165) is 5.56 Å². The van der Waals surface area contributed by atoms with E-state index in [1.807, 2.05) is 30.3 Å². The number of hydrogen-bond donors (Lipinski definition) is 1. The Morgan fingerprint density at radius 1 is 1.21 bits per heavy atom. The van der Waals surface area contributed by atoms with E-state index < -0.39 is 28.2 Å². The number of halogens is 3. The number of rotatable bonds is 9. The quantitative estimate of drug-likeness (QED) is 0.604. The third-order valence-corrected chi connectivity index (χ3v) is 6.99. The van der Waals surface area contributed by atoms with Gasteiger partial charge in [-0.2, -0.15) is 13.2 Å². The van der Waals surface area contributed by atoms with Crippen molar-refractivity contribution in [2.75, 3.05) is 38.6 Å². The Labute approximate surface area is 169 Å². The Hall–Kier alpha value is -1.65. The highest BCUT2D eigenvalue weighted by atomic mass is 32.2. The molecule has 1 amide bonds. The lowest BCUT2D eigenvalue weighted by Crippen LogP contribution is -2.53. The van der Waals surface area contributed by atoms with Gasteiger partial charge in [0.2, 0.25) is 15.9 Å². The second-order valence-electron chi connectivity index (χ2n) is 7.02. The van der Waals surface area contributed by atoms with E-state index in [9.17, 15) is 26.4 Å². The first kappa shape index (κ1) is 23.6. The van der Waals surface area contributed by atoms with E-state index in [2.05, 4.69) is 10.1 Å². The maximum absolute atomic E-state index is 13.0. The van der Waals surface area contributed by atoms with Crippen molar-refractivity contribution in [3.8, 4) is 0 Å². The number of nitrogens with one attached hydrogen (secondary N) is 1. The van der Waals surface area contributed by atoms with Crippen molar-refractivity contribution in [3.63, 3.8) is 0 Å². The number of amides is 1. The molecule has 0 spiro atoms. The predicted molar refractivity (Wildman–Crippen MR) is 103 cm³/mol. The van der Waals surface area contributed by atoms with Gasteiger partial charge in [0.25, 0.3) is 0 Å². The summed E-state index contributed by atoms with van der Waals surface area (Å²) in [6.45, 7) is 0.835.